The summed E-state index contributed by atoms with van der Waals surface area (Å²) >= 11 is 9.24. The smallest absolute Gasteiger partial charge is 0.223 e. The van der Waals surface area contributed by atoms with Gasteiger partial charge in [-0.2, -0.15) is 0 Å². The lowest BCUT2D eigenvalue weighted by Gasteiger charge is -2.10. The van der Waals surface area contributed by atoms with Crippen LogP contribution in [0.15, 0.2) is 41.0 Å². The van der Waals surface area contributed by atoms with Gasteiger partial charge in [-0.1, -0.05) is 6.07 Å². The number of alkyl halides is 1. The quantitative estimate of drug-likeness (QED) is 0.733. The number of pyridine rings is 1. The maximum atomic E-state index is 5.89. The van der Waals surface area contributed by atoms with Crippen LogP contribution in [0.4, 0.5) is 0 Å². The summed E-state index contributed by atoms with van der Waals surface area (Å²) in [6.07, 6.45) is 1.68. The minimum Gasteiger partial charge on any atom is -0.494 e. The molecule has 0 spiro atoms. The number of benzene rings is 1. The molecular weight excluding hydrogens is 330 g/mol. The van der Waals surface area contributed by atoms with E-state index in [2.05, 4.69) is 20.9 Å². The highest BCUT2D eigenvalue weighted by atomic mass is 79.9. The van der Waals surface area contributed by atoms with Gasteiger partial charge >= 0.3 is 0 Å². The molecule has 1 aromatic carbocycles. The fourth-order valence-electron chi connectivity index (χ4n) is 1.56. The van der Waals surface area contributed by atoms with Gasteiger partial charge in [-0.3, -0.25) is 0 Å². The summed E-state index contributed by atoms with van der Waals surface area (Å²) in [6, 6.07) is 9.32. The first-order valence-electron chi connectivity index (χ1n) is 5.84. The second-order valence-corrected chi connectivity index (χ2v) is 4.94. The number of halogens is 2. The highest BCUT2D eigenvalue weighted by molar-refractivity contribution is 9.10. The van der Waals surface area contributed by atoms with E-state index in [1.165, 1.54) is 0 Å². The molecule has 0 unspecified atom stereocenters. The van der Waals surface area contributed by atoms with Crippen LogP contribution in [0, 0.1) is 0 Å². The van der Waals surface area contributed by atoms with Crippen molar-refractivity contribution < 1.29 is 9.47 Å². The molecule has 0 aliphatic heterocycles. The molecule has 2 rings (SSSR count). The minimum atomic E-state index is 0.340. The Morgan fingerprint density at radius 2 is 2.05 bits per heavy atom. The number of nitrogens with zero attached hydrogens (tertiary/aromatic N) is 1. The van der Waals surface area contributed by atoms with E-state index in [0.717, 1.165) is 15.8 Å². The van der Waals surface area contributed by atoms with Crippen LogP contribution in [0.5, 0.6) is 17.4 Å². The summed E-state index contributed by atoms with van der Waals surface area (Å²) in [5.74, 6) is 2.29. The van der Waals surface area contributed by atoms with Gasteiger partial charge < -0.3 is 9.47 Å². The third kappa shape index (κ3) is 3.85. The number of rotatable bonds is 5. The number of aromatic nitrogens is 1. The van der Waals surface area contributed by atoms with Crippen LogP contribution >= 0.6 is 27.5 Å². The maximum absolute atomic E-state index is 5.89. The normalized spacial score (nSPS) is 10.3. The molecule has 0 bridgehead atoms. The van der Waals surface area contributed by atoms with Crippen LogP contribution in [0.25, 0.3) is 0 Å². The van der Waals surface area contributed by atoms with E-state index in [0.29, 0.717) is 24.1 Å². The van der Waals surface area contributed by atoms with Crippen molar-refractivity contribution in [2.24, 2.45) is 0 Å². The third-order valence-corrected chi connectivity index (χ3v) is 3.09. The van der Waals surface area contributed by atoms with E-state index >= 15 is 0 Å². The number of hydrogen-bond acceptors (Lipinski definition) is 3. The lowest BCUT2D eigenvalue weighted by atomic mass is 10.3. The van der Waals surface area contributed by atoms with Gasteiger partial charge in [0.2, 0.25) is 5.88 Å². The van der Waals surface area contributed by atoms with Gasteiger partial charge in [-0.25, -0.2) is 4.98 Å². The van der Waals surface area contributed by atoms with Crippen LogP contribution < -0.4 is 9.47 Å². The van der Waals surface area contributed by atoms with E-state index in [9.17, 15) is 0 Å². The summed E-state index contributed by atoms with van der Waals surface area (Å²) < 4.78 is 12.0. The number of ether oxygens (including phenoxy) is 2. The Labute approximate surface area is 125 Å². The van der Waals surface area contributed by atoms with Crippen molar-refractivity contribution in [3.63, 3.8) is 0 Å². The molecule has 2 aromatic rings. The molecule has 5 heteroatoms. The lowest BCUT2D eigenvalue weighted by molar-refractivity contribution is 0.338. The summed E-state index contributed by atoms with van der Waals surface area (Å²) in [5, 5.41) is 0. The van der Waals surface area contributed by atoms with Crippen LogP contribution in [0.1, 0.15) is 12.5 Å². The van der Waals surface area contributed by atoms with Crippen molar-refractivity contribution in [3.05, 3.63) is 46.6 Å². The van der Waals surface area contributed by atoms with Crippen LogP contribution in [0.2, 0.25) is 0 Å². The Kier molecular flexibility index (Phi) is 5.05. The highest BCUT2D eigenvalue weighted by Crippen LogP contribution is 2.28. The van der Waals surface area contributed by atoms with E-state index in [-0.39, 0.29) is 0 Å². The van der Waals surface area contributed by atoms with Crippen molar-refractivity contribution in [1.29, 1.82) is 0 Å². The molecule has 100 valence electrons. The first-order chi connectivity index (χ1) is 9.22. The van der Waals surface area contributed by atoms with Gasteiger partial charge in [0.15, 0.2) is 0 Å². The Hall–Kier alpha value is -1.26. The predicted octanol–water partition coefficient (Wildman–Crippen LogP) is 4.77. The Bertz CT molecular complexity index is 563. The average Bonchev–Trinajstić information content (AvgIpc) is 2.41. The van der Waals surface area contributed by atoms with E-state index in [4.69, 9.17) is 21.1 Å². The van der Waals surface area contributed by atoms with Gasteiger partial charge in [-0.15, -0.1) is 11.6 Å². The van der Waals surface area contributed by atoms with Crippen molar-refractivity contribution in [1.82, 2.24) is 4.98 Å². The Morgan fingerprint density at radius 3 is 2.79 bits per heavy atom. The molecule has 0 amide bonds. The van der Waals surface area contributed by atoms with Crippen molar-refractivity contribution in [3.8, 4) is 17.4 Å². The van der Waals surface area contributed by atoms with Crippen LogP contribution in [0.3, 0.4) is 0 Å². The molecule has 0 fully saturated rings. The fraction of sp³-hybridized carbons (Fsp3) is 0.214. The van der Waals surface area contributed by atoms with Gasteiger partial charge in [0.25, 0.3) is 0 Å². The zero-order valence-electron chi connectivity index (χ0n) is 10.4. The standard InChI is InChI=1S/C14H13BrClNO2/c1-2-18-12-4-3-5-13(7-12)19-14-10(8-16)6-11(15)9-17-14/h3-7,9H,2,8H2,1H3. The zero-order chi connectivity index (χ0) is 13.7. The molecule has 19 heavy (non-hydrogen) atoms. The largest absolute Gasteiger partial charge is 0.494 e. The van der Waals surface area contributed by atoms with Gasteiger partial charge in [0.1, 0.15) is 11.5 Å². The molecule has 0 radical (unpaired) electrons. The van der Waals surface area contributed by atoms with Crippen LogP contribution in [-0.4, -0.2) is 11.6 Å². The second kappa shape index (κ2) is 6.78. The fourth-order valence-corrected chi connectivity index (χ4v) is 2.13. The minimum absolute atomic E-state index is 0.340. The molecular formula is C14H13BrClNO2. The zero-order valence-corrected chi connectivity index (χ0v) is 12.7. The van der Waals surface area contributed by atoms with Crippen molar-refractivity contribution in [2.45, 2.75) is 12.8 Å². The highest BCUT2D eigenvalue weighted by Gasteiger charge is 2.07. The maximum Gasteiger partial charge on any atom is 0.223 e. The topological polar surface area (TPSA) is 31.4 Å². The molecule has 0 saturated heterocycles. The van der Waals surface area contributed by atoms with Gasteiger partial charge in [0.05, 0.1) is 12.5 Å². The third-order valence-electron chi connectivity index (χ3n) is 2.37. The summed E-state index contributed by atoms with van der Waals surface area (Å²) in [4.78, 5) is 4.23. The van der Waals surface area contributed by atoms with Crippen molar-refractivity contribution >= 4 is 27.5 Å². The molecule has 0 atom stereocenters. The van der Waals surface area contributed by atoms with E-state index < -0.39 is 0 Å². The Balaban J connectivity index is 2.23. The molecule has 0 aliphatic carbocycles. The molecule has 3 nitrogen and oxygen atoms in total. The van der Waals surface area contributed by atoms with Gasteiger partial charge in [-0.05, 0) is 41.1 Å². The van der Waals surface area contributed by atoms with Crippen molar-refractivity contribution in [2.75, 3.05) is 6.61 Å². The van der Waals surface area contributed by atoms with E-state index in [1.807, 2.05) is 37.3 Å². The average molecular weight is 343 g/mol. The molecule has 1 aromatic heterocycles. The Morgan fingerprint density at radius 1 is 1.26 bits per heavy atom. The summed E-state index contributed by atoms with van der Waals surface area (Å²) in [6.45, 7) is 2.56. The first-order valence-corrected chi connectivity index (χ1v) is 7.16. The SMILES string of the molecule is CCOc1cccc(Oc2ncc(Br)cc2CCl)c1. The monoisotopic (exact) mass is 341 g/mol. The van der Waals surface area contributed by atoms with Crippen LogP contribution in [-0.2, 0) is 5.88 Å². The molecule has 1 heterocycles. The van der Waals surface area contributed by atoms with Gasteiger partial charge in [0, 0.05) is 22.3 Å². The molecule has 0 saturated carbocycles. The van der Waals surface area contributed by atoms with E-state index in [1.54, 1.807) is 6.20 Å². The molecule has 0 aliphatic rings. The second-order valence-electron chi connectivity index (χ2n) is 3.76. The number of hydrogen-bond donors (Lipinski definition) is 0. The summed E-state index contributed by atoms with van der Waals surface area (Å²) in [7, 11) is 0. The first kappa shape index (κ1) is 14.2. The molecule has 0 N–H and O–H groups in total. The summed E-state index contributed by atoms with van der Waals surface area (Å²) in [5.41, 5.74) is 0.831. The lowest BCUT2D eigenvalue weighted by Crippen LogP contribution is -1.95. The predicted molar refractivity (Wildman–Crippen MR) is 79.2 cm³/mol.